The predicted molar refractivity (Wildman–Crippen MR) is 76.9 cm³/mol. The second-order valence-electron chi connectivity index (χ2n) is 3.97. The summed E-state index contributed by atoms with van der Waals surface area (Å²) in [6.07, 6.45) is 0. The molecule has 0 radical (unpaired) electrons. The Bertz CT molecular complexity index is 557. The van der Waals surface area contributed by atoms with Gasteiger partial charge in [-0.3, -0.25) is 0 Å². The number of rotatable bonds is 3. The summed E-state index contributed by atoms with van der Waals surface area (Å²) < 4.78 is 5.13. The fourth-order valence-electron chi connectivity index (χ4n) is 1.76. The number of halogens is 1. The van der Waals surface area contributed by atoms with Crippen LogP contribution in [0.4, 0.5) is 17.1 Å². The van der Waals surface area contributed by atoms with Crippen molar-refractivity contribution in [2.75, 3.05) is 24.8 Å². The fraction of sp³-hybridized carbons (Fsp3) is 0.143. The maximum Gasteiger partial charge on any atom is 0.120 e. The number of ether oxygens (including phenoxy) is 1. The lowest BCUT2D eigenvalue weighted by Gasteiger charge is -2.21. The number of anilines is 3. The number of hydrogen-bond donors (Lipinski definition) is 1. The Kier molecular flexibility index (Phi) is 3.63. The summed E-state index contributed by atoms with van der Waals surface area (Å²) in [5.41, 5.74) is 8.40. The molecular weight excluding hydrogens is 248 g/mol. The molecule has 0 fully saturated rings. The summed E-state index contributed by atoms with van der Waals surface area (Å²) in [5.74, 6) is 0.740. The van der Waals surface area contributed by atoms with Gasteiger partial charge >= 0.3 is 0 Å². The number of nitrogen functional groups attached to an aromatic ring is 1. The third-order valence-corrected chi connectivity index (χ3v) is 3.08. The number of nitrogens with two attached hydrogens (primary N) is 1. The van der Waals surface area contributed by atoms with Gasteiger partial charge in [0.1, 0.15) is 5.75 Å². The third kappa shape index (κ3) is 2.51. The van der Waals surface area contributed by atoms with Crippen molar-refractivity contribution in [2.24, 2.45) is 0 Å². The van der Waals surface area contributed by atoms with Crippen LogP contribution in [-0.4, -0.2) is 14.2 Å². The largest absolute Gasteiger partial charge is 0.497 e. The zero-order valence-electron chi connectivity index (χ0n) is 10.4. The van der Waals surface area contributed by atoms with E-state index in [1.807, 2.05) is 48.3 Å². The lowest BCUT2D eigenvalue weighted by atomic mass is 10.2. The minimum Gasteiger partial charge on any atom is -0.497 e. The standard InChI is InChI=1S/C14H15ClN2O/c1-17(11-5-3-4-10(16)8-11)14-7-6-12(18-2)9-13(14)15/h3-9H,16H2,1-2H3. The molecule has 94 valence electrons. The average molecular weight is 263 g/mol. The SMILES string of the molecule is COc1ccc(N(C)c2cccc(N)c2)c(Cl)c1. The molecule has 2 aromatic carbocycles. The van der Waals surface area contributed by atoms with Crippen LogP contribution in [0.25, 0.3) is 0 Å². The Morgan fingerprint density at radius 3 is 2.56 bits per heavy atom. The highest BCUT2D eigenvalue weighted by Crippen LogP contribution is 2.33. The molecule has 2 N–H and O–H groups in total. The summed E-state index contributed by atoms with van der Waals surface area (Å²) in [5, 5.41) is 0.638. The van der Waals surface area contributed by atoms with Gasteiger partial charge in [0.15, 0.2) is 0 Å². The molecule has 0 atom stereocenters. The van der Waals surface area contributed by atoms with E-state index in [1.54, 1.807) is 13.2 Å². The number of hydrogen-bond acceptors (Lipinski definition) is 3. The molecule has 0 saturated carbocycles. The molecule has 3 nitrogen and oxygen atoms in total. The van der Waals surface area contributed by atoms with Crippen LogP contribution in [0, 0.1) is 0 Å². The van der Waals surface area contributed by atoms with Crippen LogP contribution in [-0.2, 0) is 0 Å². The van der Waals surface area contributed by atoms with Gasteiger partial charge in [-0.2, -0.15) is 0 Å². The number of benzene rings is 2. The molecule has 0 unspecified atom stereocenters. The van der Waals surface area contributed by atoms with Gasteiger partial charge in [0.05, 0.1) is 17.8 Å². The molecule has 0 aromatic heterocycles. The smallest absolute Gasteiger partial charge is 0.120 e. The van der Waals surface area contributed by atoms with Crippen LogP contribution < -0.4 is 15.4 Å². The van der Waals surface area contributed by atoms with Crippen molar-refractivity contribution in [1.29, 1.82) is 0 Å². The summed E-state index contributed by atoms with van der Waals surface area (Å²) >= 11 is 6.24. The highest BCUT2D eigenvalue weighted by molar-refractivity contribution is 6.33. The summed E-state index contributed by atoms with van der Waals surface area (Å²) in [7, 11) is 3.56. The minimum absolute atomic E-state index is 0.638. The fourth-order valence-corrected chi connectivity index (χ4v) is 2.06. The van der Waals surface area contributed by atoms with Gasteiger partial charge < -0.3 is 15.4 Å². The lowest BCUT2D eigenvalue weighted by molar-refractivity contribution is 0.415. The molecule has 0 aliphatic rings. The molecule has 2 rings (SSSR count). The summed E-state index contributed by atoms with van der Waals surface area (Å²) in [6, 6.07) is 13.2. The highest BCUT2D eigenvalue weighted by Gasteiger charge is 2.09. The normalized spacial score (nSPS) is 10.2. The predicted octanol–water partition coefficient (Wildman–Crippen LogP) is 3.70. The average Bonchev–Trinajstić information content (AvgIpc) is 2.37. The van der Waals surface area contributed by atoms with E-state index in [0.717, 1.165) is 22.8 Å². The molecule has 2 aromatic rings. The number of methoxy groups -OCH3 is 1. The zero-order valence-corrected chi connectivity index (χ0v) is 11.1. The van der Waals surface area contributed by atoms with Crippen molar-refractivity contribution >= 4 is 28.7 Å². The Balaban J connectivity index is 2.37. The molecule has 0 aliphatic carbocycles. The van der Waals surface area contributed by atoms with E-state index in [2.05, 4.69) is 0 Å². The lowest BCUT2D eigenvalue weighted by Crippen LogP contribution is -2.10. The van der Waals surface area contributed by atoms with E-state index in [4.69, 9.17) is 22.1 Å². The minimum atomic E-state index is 0.638. The summed E-state index contributed by atoms with van der Waals surface area (Å²) in [4.78, 5) is 1.98. The van der Waals surface area contributed by atoms with Crippen LogP contribution in [0.1, 0.15) is 0 Å². The first-order valence-corrected chi connectivity index (χ1v) is 5.92. The molecule has 0 bridgehead atoms. The summed E-state index contributed by atoms with van der Waals surface area (Å²) in [6.45, 7) is 0. The van der Waals surface area contributed by atoms with Crippen molar-refractivity contribution in [3.05, 3.63) is 47.5 Å². The molecular formula is C14H15ClN2O. The van der Waals surface area contributed by atoms with E-state index < -0.39 is 0 Å². The first kappa shape index (κ1) is 12.6. The van der Waals surface area contributed by atoms with E-state index in [9.17, 15) is 0 Å². The second-order valence-corrected chi connectivity index (χ2v) is 4.38. The quantitative estimate of drug-likeness (QED) is 0.858. The zero-order chi connectivity index (χ0) is 13.1. The topological polar surface area (TPSA) is 38.5 Å². The van der Waals surface area contributed by atoms with Crippen LogP contribution >= 0.6 is 11.6 Å². The van der Waals surface area contributed by atoms with Crippen molar-refractivity contribution < 1.29 is 4.74 Å². The maximum absolute atomic E-state index is 6.24. The Hall–Kier alpha value is -1.87. The van der Waals surface area contributed by atoms with Crippen LogP contribution in [0.3, 0.4) is 0 Å². The van der Waals surface area contributed by atoms with Gasteiger partial charge in [-0.25, -0.2) is 0 Å². The van der Waals surface area contributed by atoms with Gasteiger partial charge in [0.25, 0.3) is 0 Å². The molecule has 4 heteroatoms. The number of nitrogens with zero attached hydrogens (tertiary/aromatic N) is 1. The molecule has 0 heterocycles. The van der Waals surface area contributed by atoms with Gasteiger partial charge in [-0.15, -0.1) is 0 Å². The van der Waals surface area contributed by atoms with Crippen LogP contribution in [0.5, 0.6) is 5.75 Å². The third-order valence-electron chi connectivity index (χ3n) is 2.77. The van der Waals surface area contributed by atoms with Crippen LogP contribution in [0.15, 0.2) is 42.5 Å². The van der Waals surface area contributed by atoms with Crippen molar-refractivity contribution in [3.8, 4) is 5.75 Å². The van der Waals surface area contributed by atoms with E-state index in [0.29, 0.717) is 5.02 Å². The van der Waals surface area contributed by atoms with E-state index in [1.165, 1.54) is 0 Å². The van der Waals surface area contributed by atoms with Gasteiger partial charge in [0, 0.05) is 24.5 Å². The molecule has 0 spiro atoms. The van der Waals surface area contributed by atoms with E-state index in [-0.39, 0.29) is 0 Å². The second kappa shape index (κ2) is 5.19. The highest BCUT2D eigenvalue weighted by atomic mass is 35.5. The van der Waals surface area contributed by atoms with Gasteiger partial charge in [-0.1, -0.05) is 17.7 Å². The van der Waals surface area contributed by atoms with Crippen molar-refractivity contribution in [2.45, 2.75) is 0 Å². The molecule has 0 saturated heterocycles. The molecule has 18 heavy (non-hydrogen) atoms. The Morgan fingerprint density at radius 2 is 1.94 bits per heavy atom. The Morgan fingerprint density at radius 1 is 1.17 bits per heavy atom. The monoisotopic (exact) mass is 262 g/mol. The van der Waals surface area contributed by atoms with E-state index >= 15 is 0 Å². The maximum atomic E-state index is 6.24. The first-order valence-electron chi connectivity index (χ1n) is 5.54. The first-order chi connectivity index (χ1) is 8.61. The Labute approximate surface area is 112 Å². The van der Waals surface area contributed by atoms with Gasteiger partial charge in [-0.05, 0) is 30.3 Å². The van der Waals surface area contributed by atoms with Gasteiger partial charge in [0.2, 0.25) is 0 Å². The molecule has 0 aliphatic heterocycles. The van der Waals surface area contributed by atoms with Crippen LogP contribution in [0.2, 0.25) is 5.02 Å². The molecule has 0 amide bonds. The van der Waals surface area contributed by atoms with Crippen molar-refractivity contribution in [3.63, 3.8) is 0 Å². The van der Waals surface area contributed by atoms with Crippen molar-refractivity contribution in [1.82, 2.24) is 0 Å².